The first-order valence-electron chi connectivity index (χ1n) is 16.1. The van der Waals surface area contributed by atoms with Gasteiger partial charge < -0.3 is 25.8 Å². The molecule has 4 N–H and O–H groups in total. The maximum absolute atomic E-state index is 6.37. The maximum atomic E-state index is 6.37. The summed E-state index contributed by atoms with van der Waals surface area (Å²) < 4.78 is 2.25. The van der Waals surface area contributed by atoms with Gasteiger partial charge in [-0.25, -0.2) is 4.98 Å². The SMILES string of the molecule is C=C=C(C(C1=CCCC=CC1)n1cnc(NC(CCCC/C=C\CCC=C)NC(=C)C(C)(C)N)c1)N1CCCCCC1. The van der Waals surface area contributed by atoms with Gasteiger partial charge in [-0.1, -0.05) is 62.5 Å². The number of hydrogen-bond donors (Lipinski definition) is 3. The van der Waals surface area contributed by atoms with E-state index in [4.69, 9.17) is 10.7 Å². The average Bonchev–Trinajstić information content (AvgIpc) is 3.13. The Morgan fingerprint density at radius 2 is 1.86 bits per heavy atom. The lowest BCUT2D eigenvalue weighted by molar-refractivity contribution is 0.322. The number of hydrogen-bond acceptors (Lipinski definition) is 5. The van der Waals surface area contributed by atoms with Crippen LogP contribution in [0.4, 0.5) is 5.82 Å². The Balaban J connectivity index is 1.78. The number of nitrogens with zero attached hydrogens (tertiary/aromatic N) is 3. The minimum atomic E-state index is -0.519. The molecule has 1 aromatic heterocycles. The van der Waals surface area contributed by atoms with Gasteiger partial charge in [-0.3, -0.25) is 0 Å². The van der Waals surface area contributed by atoms with Gasteiger partial charge in [-0.15, -0.1) is 12.3 Å². The van der Waals surface area contributed by atoms with Crippen molar-refractivity contribution < 1.29 is 0 Å². The number of aromatic nitrogens is 2. The Kier molecular flexibility index (Phi) is 14.0. The molecule has 0 radical (unpaired) electrons. The van der Waals surface area contributed by atoms with Crippen LogP contribution in [-0.4, -0.2) is 39.2 Å². The molecule has 0 bridgehead atoms. The van der Waals surface area contributed by atoms with Crippen LogP contribution in [0.1, 0.15) is 103 Å². The molecule has 6 nitrogen and oxygen atoms in total. The molecule has 0 amide bonds. The monoisotopic (exact) mass is 572 g/mol. The molecule has 2 aliphatic rings. The highest BCUT2D eigenvalue weighted by Gasteiger charge is 2.27. The molecule has 2 unspecified atom stereocenters. The molecular formula is C36H56N6. The second-order valence-electron chi connectivity index (χ2n) is 12.3. The van der Waals surface area contributed by atoms with Crippen LogP contribution in [0.25, 0.3) is 0 Å². The van der Waals surface area contributed by atoms with Crippen LogP contribution in [0.2, 0.25) is 0 Å². The van der Waals surface area contributed by atoms with Crippen molar-refractivity contribution in [3.05, 3.63) is 91.4 Å². The summed E-state index contributed by atoms with van der Waals surface area (Å²) in [5.74, 6) is 0.841. The van der Waals surface area contributed by atoms with Gasteiger partial charge in [0.25, 0.3) is 0 Å². The third kappa shape index (κ3) is 10.9. The van der Waals surface area contributed by atoms with E-state index in [9.17, 15) is 0 Å². The van der Waals surface area contributed by atoms with Gasteiger partial charge in [0.05, 0.1) is 18.2 Å². The van der Waals surface area contributed by atoms with Crippen molar-refractivity contribution in [2.75, 3.05) is 18.4 Å². The number of rotatable bonds is 17. The molecule has 2 atom stereocenters. The molecule has 6 heteroatoms. The lowest BCUT2D eigenvalue weighted by Crippen LogP contribution is -2.46. The van der Waals surface area contributed by atoms with Gasteiger partial charge in [0.15, 0.2) is 0 Å². The largest absolute Gasteiger partial charge is 0.368 e. The van der Waals surface area contributed by atoms with Gasteiger partial charge in [0, 0.05) is 30.5 Å². The highest BCUT2D eigenvalue weighted by Crippen LogP contribution is 2.34. The minimum Gasteiger partial charge on any atom is -0.368 e. The van der Waals surface area contributed by atoms with Crippen LogP contribution >= 0.6 is 0 Å². The molecule has 1 aliphatic carbocycles. The number of allylic oxidation sites excluding steroid dienone is 7. The highest BCUT2D eigenvalue weighted by molar-refractivity contribution is 5.36. The topological polar surface area (TPSA) is 71.1 Å². The zero-order valence-electron chi connectivity index (χ0n) is 26.4. The number of anilines is 1. The molecular weight excluding hydrogens is 516 g/mol. The molecule has 1 fully saturated rings. The summed E-state index contributed by atoms with van der Waals surface area (Å²) in [7, 11) is 0. The fourth-order valence-electron chi connectivity index (χ4n) is 5.58. The highest BCUT2D eigenvalue weighted by atomic mass is 15.2. The lowest BCUT2D eigenvalue weighted by Gasteiger charge is -2.32. The number of likely N-dealkylation sites (tertiary alicyclic amines) is 1. The third-order valence-electron chi connectivity index (χ3n) is 8.16. The summed E-state index contributed by atoms with van der Waals surface area (Å²) in [6, 6.07) is 0.0311. The molecule has 0 saturated carbocycles. The van der Waals surface area contributed by atoms with Crippen molar-refractivity contribution in [2.45, 2.75) is 115 Å². The Hall–Kier alpha value is -3.21. The van der Waals surface area contributed by atoms with Gasteiger partial charge in [-0.05, 0) is 90.0 Å². The first-order chi connectivity index (χ1) is 20.3. The normalized spacial score (nSPS) is 17.5. The van der Waals surface area contributed by atoms with Crippen molar-refractivity contribution in [3.63, 3.8) is 0 Å². The summed E-state index contributed by atoms with van der Waals surface area (Å²) in [5.41, 5.74) is 12.6. The molecule has 1 aromatic rings. The molecule has 1 saturated heterocycles. The molecule has 0 spiro atoms. The van der Waals surface area contributed by atoms with Crippen LogP contribution in [0.5, 0.6) is 0 Å². The first-order valence-corrected chi connectivity index (χ1v) is 16.1. The maximum Gasteiger partial charge on any atom is 0.145 e. The van der Waals surface area contributed by atoms with E-state index in [0.29, 0.717) is 0 Å². The van der Waals surface area contributed by atoms with Gasteiger partial charge >= 0.3 is 0 Å². The summed E-state index contributed by atoms with van der Waals surface area (Å²) in [5, 5.41) is 7.22. The summed E-state index contributed by atoms with van der Waals surface area (Å²) in [6.07, 6.45) is 32.0. The molecule has 2 heterocycles. The standard InChI is InChI=1S/C36H56N6/c1-6-8-9-10-11-12-13-20-25-33(39-30(3)36(4,5)37)40-34-28-42(29-38-34)35(31-23-18-14-15-19-24-31)32(7-2)41-26-21-16-17-22-27-41/h6,10-11,14,18,24,28-29,33,35,39-40H,1-3,8-9,12-13,15-17,19-23,25-27,37H2,4-5H3/b11-10-. The van der Waals surface area contributed by atoms with Crippen LogP contribution < -0.4 is 16.4 Å². The molecule has 0 aromatic carbocycles. The molecule has 230 valence electrons. The Labute approximate surface area is 255 Å². The van der Waals surface area contributed by atoms with E-state index in [1.165, 1.54) is 31.3 Å². The minimum absolute atomic E-state index is 0.0214. The van der Waals surface area contributed by atoms with E-state index in [1.54, 1.807) is 0 Å². The van der Waals surface area contributed by atoms with Gasteiger partial charge in [0.2, 0.25) is 0 Å². The van der Waals surface area contributed by atoms with Gasteiger partial charge in [-0.2, -0.15) is 0 Å². The lowest BCUT2D eigenvalue weighted by atomic mass is 9.98. The van der Waals surface area contributed by atoms with Gasteiger partial charge in [0.1, 0.15) is 11.9 Å². The molecule has 1 aliphatic heterocycles. The molecule has 42 heavy (non-hydrogen) atoms. The fourth-order valence-corrected chi connectivity index (χ4v) is 5.58. The predicted octanol–water partition coefficient (Wildman–Crippen LogP) is 8.30. The Bertz CT molecular complexity index is 1120. The predicted molar refractivity (Wildman–Crippen MR) is 180 cm³/mol. The Morgan fingerprint density at radius 1 is 1.10 bits per heavy atom. The van der Waals surface area contributed by atoms with Crippen molar-refractivity contribution >= 4 is 5.82 Å². The number of nitrogens with two attached hydrogens (primary N) is 1. The van der Waals surface area contributed by atoms with Crippen molar-refractivity contribution in [3.8, 4) is 0 Å². The third-order valence-corrected chi connectivity index (χ3v) is 8.16. The van der Waals surface area contributed by atoms with Crippen LogP contribution in [0.15, 0.2) is 91.4 Å². The zero-order chi connectivity index (χ0) is 30.2. The Morgan fingerprint density at radius 3 is 2.57 bits per heavy atom. The summed E-state index contributed by atoms with van der Waals surface area (Å²) in [6.45, 7) is 18.3. The second-order valence-corrected chi connectivity index (χ2v) is 12.3. The smallest absolute Gasteiger partial charge is 0.145 e. The van der Waals surface area contributed by atoms with E-state index >= 15 is 0 Å². The van der Waals surface area contributed by atoms with E-state index in [0.717, 1.165) is 88.1 Å². The summed E-state index contributed by atoms with van der Waals surface area (Å²) >= 11 is 0. The van der Waals surface area contributed by atoms with E-state index < -0.39 is 5.54 Å². The summed E-state index contributed by atoms with van der Waals surface area (Å²) in [4.78, 5) is 7.35. The average molecular weight is 573 g/mol. The van der Waals surface area contributed by atoms with Crippen LogP contribution in [-0.2, 0) is 0 Å². The number of imidazole rings is 1. The molecule has 3 rings (SSSR count). The van der Waals surface area contributed by atoms with E-state index in [-0.39, 0.29) is 12.2 Å². The quantitative estimate of drug-likeness (QED) is 0.0758. The van der Waals surface area contributed by atoms with Crippen LogP contribution in [0, 0.1) is 0 Å². The van der Waals surface area contributed by atoms with Crippen molar-refractivity contribution in [1.29, 1.82) is 0 Å². The fraction of sp³-hybridized carbons (Fsp3) is 0.556. The van der Waals surface area contributed by atoms with Crippen molar-refractivity contribution in [1.82, 2.24) is 19.8 Å². The second kappa shape index (κ2) is 17.7. The number of unbranched alkanes of at least 4 members (excludes halogenated alkanes) is 3. The van der Waals surface area contributed by atoms with E-state index in [1.807, 2.05) is 26.3 Å². The van der Waals surface area contributed by atoms with Crippen molar-refractivity contribution in [2.24, 2.45) is 5.73 Å². The van der Waals surface area contributed by atoms with Crippen LogP contribution in [0.3, 0.4) is 0 Å². The zero-order valence-corrected chi connectivity index (χ0v) is 26.4. The van der Waals surface area contributed by atoms with E-state index in [2.05, 4.69) is 82.1 Å². The first kappa shape index (κ1) is 33.3. The number of nitrogens with one attached hydrogen (secondary N) is 2.